The summed E-state index contributed by atoms with van der Waals surface area (Å²) in [5, 5.41) is 2.58. The summed E-state index contributed by atoms with van der Waals surface area (Å²) in [6.45, 7) is 19.4. The molecule has 302 valence electrons. The van der Waals surface area contributed by atoms with Crippen molar-refractivity contribution in [2.24, 2.45) is 16.7 Å². The second kappa shape index (κ2) is 14.2. The minimum absolute atomic E-state index is 0.0817. The number of hydrogen-bond acceptors (Lipinski definition) is 10. The Bertz CT molecular complexity index is 2440. The van der Waals surface area contributed by atoms with Gasteiger partial charge in [0, 0.05) is 54.0 Å². The Morgan fingerprint density at radius 3 is 2.36 bits per heavy atom. The summed E-state index contributed by atoms with van der Waals surface area (Å²) < 4.78 is 6.45. The zero-order valence-corrected chi connectivity index (χ0v) is 34.0. The summed E-state index contributed by atoms with van der Waals surface area (Å²) in [6.07, 6.45) is 3.43. The van der Waals surface area contributed by atoms with E-state index in [4.69, 9.17) is 27.9 Å². The Kier molecular flexibility index (Phi) is 9.29. The molecule has 5 aliphatic heterocycles. The number of amides is 5. The molecule has 2 aromatic carbocycles. The zero-order chi connectivity index (χ0) is 41.5. The van der Waals surface area contributed by atoms with Gasteiger partial charge in [0.05, 0.1) is 41.2 Å². The molecule has 15 heteroatoms. The second-order valence-electron chi connectivity index (χ2n) is 17.6. The van der Waals surface area contributed by atoms with E-state index in [1.54, 1.807) is 36.5 Å². The zero-order valence-electron chi connectivity index (χ0n) is 33.3. The van der Waals surface area contributed by atoms with Crippen LogP contribution in [0, 0.1) is 35.2 Å². The highest BCUT2D eigenvalue weighted by molar-refractivity contribution is 6.33. The molecule has 1 N–H and O–H groups in total. The number of nitrogens with one attached hydrogen (secondary N) is 1. The number of fused-ring (bicyclic) bond motifs is 2. The van der Waals surface area contributed by atoms with Gasteiger partial charge in [0.15, 0.2) is 5.69 Å². The number of hydrogen-bond donors (Lipinski definition) is 1. The highest BCUT2D eigenvalue weighted by atomic mass is 35.5. The van der Waals surface area contributed by atoms with Gasteiger partial charge in [-0.3, -0.25) is 39.1 Å². The number of halogens is 1. The molecule has 5 amide bonds. The molecule has 4 fully saturated rings. The quantitative estimate of drug-likeness (QED) is 0.208. The molecule has 3 aromatic rings. The summed E-state index contributed by atoms with van der Waals surface area (Å²) in [4.78, 5) is 84.5. The second-order valence-corrected chi connectivity index (χ2v) is 18.0. The van der Waals surface area contributed by atoms with Crippen LogP contribution in [-0.4, -0.2) is 105 Å². The number of carbonyl (C=O) groups excluding carboxylic acids is 5. The van der Waals surface area contributed by atoms with Gasteiger partial charge in [-0.2, -0.15) is 0 Å². The lowest BCUT2D eigenvalue weighted by Gasteiger charge is -2.65. The van der Waals surface area contributed by atoms with Gasteiger partial charge in [-0.1, -0.05) is 51.3 Å². The van der Waals surface area contributed by atoms with Crippen molar-refractivity contribution in [1.29, 1.82) is 0 Å². The topological polar surface area (TPSA) is 150 Å². The Morgan fingerprint density at radius 1 is 0.932 bits per heavy atom. The Hall–Kier alpha value is -5.83. The normalized spacial score (nSPS) is 25.1. The number of nitrogens with zero attached hydrogens (tertiary/aromatic N) is 7. The lowest BCUT2D eigenvalue weighted by molar-refractivity contribution is -0.199. The maximum Gasteiger partial charge on any atom is 0.275 e. The Morgan fingerprint density at radius 2 is 1.66 bits per heavy atom. The van der Waals surface area contributed by atoms with E-state index >= 15 is 0 Å². The van der Waals surface area contributed by atoms with Crippen LogP contribution in [0.15, 0.2) is 42.6 Å². The van der Waals surface area contributed by atoms with E-state index in [0.717, 1.165) is 49.6 Å². The van der Waals surface area contributed by atoms with E-state index in [1.165, 1.54) is 0 Å². The fourth-order valence-corrected chi connectivity index (χ4v) is 10.7. The molecule has 6 aliphatic rings. The summed E-state index contributed by atoms with van der Waals surface area (Å²) in [6, 6.07) is 9.58. The van der Waals surface area contributed by atoms with Crippen LogP contribution in [0.1, 0.15) is 96.0 Å². The summed E-state index contributed by atoms with van der Waals surface area (Å²) >= 11 is 6.29. The predicted molar refractivity (Wildman–Crippen MR) is 216 cm³/mol. The van der Waals surface area contributed by atoms with Crippen molar-refractivity contribution in [3.8, 4) is 17.6 Å². The highest BCUT2D eigenvalue weighted by Crippen LogP contribution is 2.59. The fourth-order valence-electron chi connectivity index (χ4n) is 10.5. The van der Waals surface area contributed by atoms with Gasteiger partial charge in [-0.05, 0) is 68.6 Å². The monoisotopic (exact) mass is 814 g/mol. The molecular weight excluding hydrogens is 772 g/mol. The minimum Gasteiger partial charge on any atom is -0.489 e. The Balaban J connectivity index is 0.777. The molecule has 6 heterocycles. The summed E-state index contributed by atoms with van der Waals surface area (Å²) in [7, 11) is 0. The van der Waals surface area contributed by atoms with E-state index < -0.39 is 40.5 Å². The van der Waals surface area contributed by atoms with Crippen molar-refractivity contribution in [2.45, 2.75) is 84.2 Å². The molecule has 1 atom stereocenters. The number of carbonyl (C=O) groups is 5. The van der Waals surface area contributed by atoms with E-state index in [2.05, 4.69) is 64.5 Å². The molecule has 3 saturated heterocycles. The van der Waals surface area contributed by atoms with Gasteiger partial charge in [-0.15, -0.1) is 0 Å². The molecule has 1 saturated carbocycles. The molecule has 0 radical (unpaired) electrons. The molecule has 14 nitrogen and oxygen atoms in total. The van der Waals surface area contributed by atoms with Gasteiger partial charge in [-0.25, -0.2) is 14.8 Å². The maximum atomic E-state index is 13.7. The van der Waals surface area contributed by atoms with Crippen LogP contribution < -0.4 is 15.0 Å². The number of likely N-dealkylation sites (tertiary alicyclic amines) is 1. The lowest BCUT2D eigenvalue weighted by Crippen LogP contribution is -2.74. The van der Waals surface area contributed by atoms with Crippen molar-refractivity contribution in [3.63, 3.8) is 0 Å². The number of aromatic nitrogens is 2. The SMILES string of the molecule is [C-]#[N+]c1ccc(OC2C(C)(C)C(N3Cc4nc(C#CC5CCN(C6CN(c7ccc8c(c7)C(=O)N(C7CCC(=O)NC7=O)C8=O)C6)CC5)cnc4C3=O)C2(C)C)cc1Cl. The molecule has 59 heavy (non-hydrogen) atoms. The first kappa shape index (κ1) is 38.7. The van der Waals surface area contributed by atoms with Crippen LogP contribution in [0.4, 0.5) is 11.4 Å². The third-order valence-corrected chi connectivity index (χ3v) is 13.4. The van der Waals surface area contributed by atoms with Crippen molar-refractivity contribution in [3.05, 3.63) is 87.2 Å². The minimum atomic E-state index is -0.985. The van der Waals surface area contributed by atoms with Gasteiger partial charge in [0.1, 0.15) is 23.6 Å². The molecule has 1 aliphatic carbocycles. The van der Waals surface area contributed by atoms with Gasteiger partial charge in [0.25, 0.3) is 17.7 Å². The van der Waals surface area contributed by atoms with Crippen LogP contribution in [0.5, 0.6) is 5.75 Å². The first-order valence-electron chi connectivity index (χ1n) is 20.0. The van der Waals surface area contributed by atoms with Gasteiger partial charge < -0.3 is 14.5 Å². The maximum absolute atomic E-state index is 13.7. The van der Waals surface area contributed by atoms with Crippen LogP contribution in [0.3, 0.4) is 0 Å². The van der Waals surface area contributed by atoms with E-state index in [0.29, 0.717) is 46.1 Å². The molecule has 9 rings (SSSR count). The molecule has 1 aromatic heterocycles. The van der Waals surface area contributed by atoms with E-state index in [9.17, 15) is 24.0 Å². The van der Waals surface area contributed by atoms with Gasteiger partial charge >= 0.3 is 0 Å². The van der Waals surface area contributed by atoms with E-state index in [-0.39, 0.29) is 47.9 Å². The average Bonchev–Trinajstić information content (AvgIpc) is 3.62. The smallest absolute Gasteiger partial charge is 0.275 e. The number of rotatable bonds is 6. The lowest BCUT2D eigenvalue weighted by atomic mass is 9.49. The van der Waals surface area contributed by atoms with Crippen LogP contribution in [0.25, 0.3) is 4.85 Å². The molecule has 1 unspecified atom stereocenters. The van der Waals surface area contributed by atoms with Crippen LogP contribution in [-0.2, 0) is 16.1 Å². The number of piperidine rings is 2. The Labute approximate surface area is 347 Å². The standard InChI is InChI=1S/C44H43ClN8O6/c1-43(2)41(44(3,4)42(43)59-28-9-11-32(46-5)31(45)19-28)52-23-33-36(40(52)58)47-20-25(48-33)7-6-24-14-16-50(17-15-24)27-21-51(22-27)26-8-10-29-30(18-26)39(57)53(38(29)56)34-12-13-35(54)49-37(34)55/h8-11,18-20,24,27,34,41-42H,12-17,21-23H2,1-4H3,(H,49,54,55). The molecule has 0 bridgehead atoms. The molecular formula is C44H43ClN8O6. The van der Waals surface area contributed by atoms with Crippen LogP contribution in [0.2, 0.25) is 5.02 Å². The first-order valence-corrected chi connectivity index (χ1v) is 20.4. The first-order chi connectivity index (χ1) is 28.1. The van der Waals surface area contributed by atoms with Crippen molar-refractivity contribution >= 4 is 52.5 Å². The fraction of sp³-hybridized carbons (Fsp3) is 0.455. The predicted octanol–water partition coefficient (Wildman–Crippen LogP) is 4.87. The van der Waals surface area contributed by atoms with Crippen molar-refractivity contribution in [2.75, 3.05) is 31.1 Å². The summed E-state index contributed by atoms with van der Waals surface area (Å²) in [5.41, 5.74) is 2.56. The van der Waals surface area contributed by atoms with Gasteiger partial charge in [0.2, 0.25) is 17.5 Å². The van der Waals surface area contributed by atoms with Crippen molar-refractivity contribution < 1.29 is 28.7 Å². The number of imide groups is 2. The largest absolute Gasteiger partial charge is 0.489 e. The third kappa shape index (κ3) is 6.41. The number of anilines is 1. The number of benzene rings is 2. The van der Waals surface area contributed by atoms with Crippen molar-refractivity contribution in [1.82, 2.24) is 30.0 Å². The highest BCUT2D eigenvalue weighted by Gasteiger charge is 2.67. The summed E-state index contributed by atoms with van der Waals surface area (Å²) in [5.74, 6) is 5.30. The van der Waals surface area contributed by atoms with Crippen LogP contribution >= 0.6 is 11.6 Å². The average molecular weight is 815 g/mol. The molecule has 0 spiro atoms. The third-order valence-electron chi connectivity index (χ3n) is 13.1. The van der Waals surface area contributed by atoms with E-state index in [1.807, 2.05) is 11.0 Å². The number of ether oxygens (including phenoxy) is 1.